The quantitative estimate of drug-likeness (QED) is 0.730. The molecule has 0 radical (unpaired) electrons. The van der Waals surface area contributed by atoms with Crippen LogP contribution in [-0.4, -0.2) is 28.0 Å². The van der Waals surface area contributed by atoms with Gasteiger partial charge in [0.1, 0.15) is 5.69 Å². The fourth-order valence-corrected chi connectivity index (χ4v) is 1.60. The highest BCUT2D eigenvalue weighted by molar-refractivity contribution is 6.30. The zero-order chi connectivity index (χ0) is 12.8. The van der Waals surface area contributed by atoms with Gasteiger partial charge < -0.3 is 15.4 Å². The summed E-state index contributed by atoms with van der Waals surface area (Å²) in [6.07, 6.45) is 2.83. The summed E-state index contributed by atoms with van der Waals surface area (Å²) in [5.41, 5.74) is 0.403. The van der Waals surface area contributed by atoms with Crippen molar-refractivity contribution in [1.29, 1.82) is 0 Å². The molecule has 0 saturated heterocycles. The number of nitrogens with one attached hydrogen (secondary N) is 2. The second-order valence-electron chi connectivity index (χ2n) is 3.89. The van der Waals surface area contributed by atoms with E-state index in [9.17, 15) is 9.59 Å². The summed E-state index contributed by atoms with van der Waals surface area (Å²) in [6.45, 7) is 1.84. The van der Waals surface area contributed by atoms with Gasteiger partial charge in [0.05, 0.1) is 5.02 Å². The highest BCUT2D eigenvalue weighted by Crippen LogP contribution is 2.10. The number of halogens is 1. The largest absolute Gasteiger partial charge is 0.481 e. The number of rotatable bonds is 6. The molecule has 0 aliphatic rings. The molecular weight excluding hydrogens is 244 g/mol. The number of aromatic amines is 1. The minimum Gasteiger partial charge on any atom is -0.481 e. The van der Waals surface area contributed by atoms with Crippen molar-refractivity contribution in [2.75, 3.05) is 0 Å². The van der Waals surface area contributed by atoms with E-state index in [1.165, 1.54) is 6.20 Å². The minimum absolute atomic E-state index is 0.0658. The Kier molecular flexibility index (Phi) is 5.03. The van der Waals surface area contributed by atoms with Crippen LogP contribution in [-0.2, 0) is 4.79 Å². The smallest absolute Gasteiger partial charge is 0.303 e. The summed E-state index contributed by atoms with van der Waals surface area (Å²) in [4.78, 5) is 24.7. The lowest BCUT2D eigenvalue weighted by Crippen LogP contribution is -2.32. The molecule has 3 N–H and O–H groups in total. The summed E-state index contributed by atoms with van der Waals surface area (Å²) in [7, 11) is 0. The van der Waals surface area contributed by atoms with E-state index in [0.29, 0.717) is 23.6 Å². The number of hydrogen-bond acceptors (Lipinski definition) is 2. The van der Waals surface area contributed by atoms with E-state index in [0.717, 1.165) is 0 Å². The van der Waals surface area contributed by atoms with Gasteiger partial charge in [0.25, 0.3) is 5.91 Å². The summed E-state index contributed by atoms with van der Waals surface area (Å²) >= 11 is 5.68. The summed E-state index contributed by atoms with van der Waals surface area (Å²) in [5.74, 6) is -1.06. The van der Waals surface area contributed by atoms with Crippen LogP contribution in [0.4, 0.5) is 0 Å². The van der Waals surface area contributed by atoms with Gasteiger partial charge in [-0.25, -0.2) is 0 Å². The van der Waals surface area contributed by atoms with Crippen molar-refractivity contribution in [1.82, 2.24) is 10.3 Å². The van der Waals surface area contributed by atoms with Crippen molar-refractivity contribution in [3.63, 3.8) is 0 Å². The fourth-order valence-electron chi connectivity index (χ4n) is 1.43. The molecule has 0 aliphatic heterocycles. The van der Waals surface area contributed by atoms with E-state index >= 15 is 0 Å². The lowest BCUT2D eigenvalue weighted by atomic mass is 10.1. The van der Waals surface area contributed by atoms with Gasteiger partial charge in [0.15, 0.2) is 0 Å². The molecule has 1 heterocycles. The first-order chi connectivity index (χ1) is 7.99. The maximum Gasteiger partial charge on any atom is 0.303 e. The monoisotopic (exact) mass is 258 g/mol. The third-order valence-corrected chi connectivity index (χ3v) is 2.52. The second-order valence-corrected chi connectivity index (χ2v) is 4.33. The molecule has 5 nitrogen and oxygen atoms in total. The van der Waals surface area contributed by atoms with E-state index in [-0.39, 0.29) is 18.4 Å². The first-order valence-corrected chi connectivity index (χ1v) is 5.73. The molecule has 1 aromatic rings. The average molecular weight is 259 g/mol. The Morgan fingerprint density at radius 2 is 2.29 bits per heavy atom. The van der Waals surface area contributed by atoms with E-state index in [4.69, 9.17) is 16.7 Å². The normalized spacial score (nSPS) is 12.1. The first kappa shape index (κ1) is 13.6. The molecule has 0 aliphatic carbocycles. The standard InChI is InChI=1S/C11H15ClN2O3/c1-7(3-2-4-10(15)16)14-11(17)9-5-8(12)6-13-9/h5-7,13H,2-4H2,1H3,(H,14,17)(H,15,16). The van der Waals surface area contributed by atoms with Crippen molar-refractivity contribution in [2.24, 2.45) is 0 Å². The number of carboxylic acids is 1. The van der Waals surface area contributed by atoms with Gasteiger partial charge >= 0.3 is 5.97 Å². The van der Waals surface area contributed by atoms with E-state index in [1.807, 2.05) is 6.92 Å². The predicted molar refractivity (Wildman–Crippen MR) is 64.2 cm³/mol. The Hall–Kier alpha value is -1.49. The fraction of sp³-hybridized carbons (Fsp3) is 0.455. The summed E-state index contributed by atoms with van der Waals surface area (Å²) in [6, 6.07) is 1.48. The maximum atomic E-state index is 11.6. The van der Waals surface area contributed by atoms with Gasteiger partial charge in [-0.3, -0.25) is 9.59 Å². The predicted octanol–water partition coefficient (Wildman–Crippen LogP) is 2.04. The van der Waals surface area contributed by atoms with Crippen LogP contribution in [0.2, 0.25) is 5.02 Å². The van der Waals surface area contributed by atoms with Gasteiger partial charge in [-0.2, -0.15) is 0 Å². The lowest BCUT2D eigenvalue weighted by molar-refractivity contribution is -0.137. The Morgan fingerprint density at radius 3 is 2.82 bits per heavy atom. The topological polar surface area (TPSA) is 82.2 Å². The second kappa shape index (κ2) is 6.30. The van der Waals surface area contributed by atoms with Gasteiger partial charge in [0.2, 0.25) is 0 Å². The van der Waals surface area contributed by atoms with Crippen molar-refractivity contribution in [3.8, 4) is 0 Å². The van der Waals surface area contributed by atoms with Crippen LogP contribution in [0.15, 0.2) is 12.3 Å². The van der Waals surface area contributed by atoms with Crippen LogP contribution < -0.4 is 5.32 Å². The molecule has 1 aromatic heterocycles. The van der Waals surface area contributed by atoms with Gasteiger partial charge in [0, 0.05) is 18.7 Å². The molecule has 6 heteroatoms. The Morgan fingerprint density at radius 1 is 1.59 bits per heavy atom. The molecule has 17 heavy (non-hydrogen) atoms. The number of H-pyrrole nitrogens is 1. The van der Waals surface area contributed by atoms with Crippen molar-refractivity contribution < 1.29 is 14.7 Å². The molecule has 0 saturated carbocycles. The third-order valence-electron chi connectivity index (χ3n) is 2.30. The van der Waals surface area contributed by atoms with Crippen molar-refractivity contribution in [3.05, 3.63) is 23.0 Å². The lowest BCUT2D eigenvalue weighted by Gasteiger charge is -2.12. The summed E-state index contributed by atoms with van der Waals surface area (Å²) < 4.78 is 0. The van der Waals surface area contributed by atoms with Crippen LogP contribution in [0.25, 0.3) is 0 Å². The SMILES string of the molecule is CC(CCCC(=O)O)NC(=O)c1cc(Cl)c[nH]1. The number of aliphatic carboxylic acids is 1. The van der Waals surface area contributed by atoms with Crippen LogP contribution in [0.5, 0.6) is 0 Å². The van der Waals surface area contributed by atoms with Crippen molar-refractivity contribution >= 4 is 23.5 Å². The molecule has 1 rings (SSSR count). The zero-order valence-corrected chi connectivity index (χ0v) is 10.3. The molecule has 1 unspecified atom stereocenters. The average Bonchev–Trinajstić information content (AvgIpc) is 2.64. The van der Waals surface area contributed by atoms with Crippen LogP contribution >= 0.6 is 11.6 Å². The number of carbonyl (C=O) groups is 2. The van der Waals surface area contributed by atoms with Gasteiger partial charge in [-0.05, 0) is 25.8 Å². The maximum absolute atomic E-state index is 11.6. The summed E-state index contributed by atoms with van der Waals surface area (Å²) in [5, 5.41) is 11.7. The number of carboxylic acid groups (broad SMARTS) is 1. The first-order valence-electron chi connectivity index (χ1n) is 5.35. The Labute approximate surface area is 104 Å². The third kappa shape index (κ3) is 4.91. The van der Waals surface area contributed by atoms with Crippen LogP contribution in [0.3, 0.4) is 0 Å². The number of hydrogen-bond donors (Lipinski definition) is 3. The minimum atomic E-state index is -0.820. The Balaban J connectivity index is 2.33. The number of amides is 1. The molecule has 0 fully saturated rings. The van der Waals surface area contributed by atoms with Crippen LogP contribution in [0, 0.1) is 0 Å². The highest BCUT2D eigenvalue weighted by Gasteiger charge is 2.11. The Bertz CT molecular complexity index is 403. The highest BCUT2D eigenvalue weighted by atomic mass is 35.5. The van der Waals surface area contributed by atoms with E-state index in [1.54, 1.807) is 6.07 Å². The molecule has 1 amide bonds. The molecule has 1 atom stereocenters. The molecule has 0 spiro atoms. The molecule has 94 valence electrons. The zero-order valence-electron chi connectivity index (χ0n) is 9.50. The van der Waals surface area contributed by atoms with Crippen LogP contribution in [0.1, 0.15) is 36.7 Å². The van der Waals surface area contributed by atoms with Gasteiger partial charge in [-0.15, -0.1) is 0 Å². The number of carbonyl (C=O) groups excluding carboxylic acids is 1. The van der Waals surface area contributed by atoms with E-state index in [2.05, 4.69) is 10.3 Å². The van der Waals surface area contributed by atoms with Gasteiger partial charge in [-0.1, -0.05) is 11.6 Å². The number of aromatic nitrogens is 1. The van der Waals surface area contributed by atoms with Crippen molar-refractivity contribution in [2.45, 2.75) is 32.2 Å². The van der Waals surface area contributed by atoms with E-state index < -0.39 is 5.97 Å². The molecular formula is C11H15ClN2O3. The molecule has 0 bridgehead atoms. The molecule has 0 aromatic carbocycles.